The molecular weight excluding hydrogens is 568 g/mol. The van der Waals surface area contributed by atoms with E-state index in [9.17, 15) is 13.2 Å². The van der Waals surface area contributed by atoms with Crippen molar-refractivity contribution in [2.75, 3.05) is 37.9 Å². The average Bonchev–Trinajstić information content (AvgIpc) is 3.02. The van der Waals surface area contributed by atoms with E-state index >= 15 is 0 Å². The van der Waals surface area contributed by atoms with Crippen molar-refractivity contribution in [3.8, 4) is 28.1 Å². The number of carbonyl (C=O) groups is 1. The second-order valence-corrected chi connectivity index (χ2v) is 12.2. The summed E-state index contributed by atoms with van der Waals surface area (Å²) >= 11 is 0. The molecule has 2 heterocycles. The average molecular weight is 605 g/mol. The van der Waals surface area contributed by atoms with Gasteiger partial charge in [0, 0.05) is 24.2 Å². The van der Waals surface area contributed by atoms with E-state index in [4.69, 9.17) is 23.9 Å². The van der Waals surface area contributed by atoms with Crippen LogP contribution in [0.4, 0.5) is 5.69 Å². The number of ether oxygens (including phenoxy) is 4. The summed E-state index contributed by atoms with van der Waals surface area (Å²) in [5, 5.41) is 0.566. The summed E-state index contributed by atoms with van der Waals surface area (Å²) in [5.41, 5.74) is 4.60. The molecule has 1 atom stereocenters. The molecule has 0 aliphatic carbocycles. The molecule has 4 aromatic rings. The van der Waals surface area contributed by atoms with Gasteiger partial charge in [-0.1, -0.05) is 36.4 Å². The van der Waals surface area contributed by atoms with E-state index in [1.54, 1.807) is 24.3 Å². The summed E-state index contributed by atoms with van der Waals surface area (Å²) in [4.78, 5) is 17.3. The Morgan fingerprint density at radius 3 is 2.30 bits per heavy atom. The van der Waals surface area contributed by atoms with Crippen LogP contribution in [0.5, 0.6) is 5.75 Å². The highest BCUT2D eigenvalue weighted by atomic mass is 32.2. The van der Waals surface area contributed by atoms with Gasteiger partial charge in [0.2, 0.25) is 10.0 Å². The zero-order valence-corrected chi connectivity index (χ0v) is 25.2. The third kappa shape index (κ3) is 8.31. The maximum atomic E-state index is 12.6. The third-order valence-corrected chi connectivity index (χ3v) is 7.74. The first kappa shape index (κ1) is 30.5. The van der Waals surface area contributed by atoms with Crippen LogP contribution < -0.4 is 9.46 Å². The number of esters is 1. The van der Waals surface area contributed by atoms with Crippen molar-refractivity contribution in [3.05, 3.63) is 78.4 Å². The molecule has 1 aliphatic heterocycles. The summed E-state index contributed by atoms with van der Waals surface area (Å²) in [7, 11) is -2.15. The van der Waals surface area contributed by atoms with Crippen molar-refractivity contribution in [1.29, 1.82) is 0 Å². The first-order valence-electron chi connectivity index (χ1n) is 14.4. The van der Waals surface area contributed by atoms with Gasteiger partial charge in [0.15, 0.2) is 6.29 Å². The molecule has 9 nitrogen and oxygen atoms in total. The number of fused-ring (bicyclic) bond motifs is 1. The molecule has 1 aliphatic rings. The molecule has 1 N–H and O–H groups in total. The van der Waals surface area contributed by atoms with Gasteiger partial charge in [0.05, 0.1) is 42.4 Å². The predicted molar refractivity (Wildman–Crippen MR) is 167 cm³/mol. The molecule has 1 fully saturated rings. The molecule has 0 radical (unpaired) electrons. The number of nitrogens with one attached hydrogen (secondary N) is 1. The Morgan fingerprint density at radius 1 is 0.930 bits per heavy atom. The van der Waals surface area contributed by atoms with Crippen molar-refractivity contribution in [1.82, 2.24) is 4.98 Å². The van der Waals surface area contributed by atoms with Gasteiger partial charge in [-0.05, 0) is 79.6 Å². The molecule has 226 valence electrons. The number of nitrogens with zero attached hydrogens (tertiary/aromatic N) is 1. The van der Waals surface area contributed by atoms with Crippen LogP contribution in [0.1, 0.15) is 42.5 Å². The van der Waals surface area contributed by atoms with E-state index in [0.29, 0.717) is 41.1 Å². The highest BCUT2D eigenvalue weighted by Crippen LogP contribution is 2.30. The van der Waals surface area contributed by atoms with Crippen molar-refractivity contribution < 1.29 is 32.2 Å². The van der Waals surface area contributed by atoms with E-state index in [-0.39, 0.29) is 6.29 Å². The predicted octanol–water partition coefficient (Wildman–Crippen LogP) is 6.43. The van der Waals surface area contributed by atoms with Crippen LogP contribution >= 0.6 is 0 Å². The monoisotopic (exact) mass is 604 g/mol. The summed E-state index contributed by atoms with van der Waals surface area (Å²) in [6.07, 6.45) is 6.14. The standard InChI is InChI=1S/C33H36N2O7S/c1-39-33(36)29-22-30(34-31-21-26(14-17-28(29)31)35-43(2,37)38)25-10-8-23(9-11-25)24-12-15-27(16-13-24)40-18-5-6-20-42-32-7-3-4-19-41-32/h8-17,21-22,32,35H,3-7,18-20H2,1-2H3. The summed E-state index contributed by atoms with van der Waals surface area (Å²) in [6, 6.07) is 22.4. The topological polar surface area (TPSA) is 113 Å². The zero-order valence-electron chi connectivity index (χ0n) is 24.4. The molecule has 1 saturated heterocycles. The molecule has 1 aromatic heterocycles. The van der Waals surface area contributed by atoms with E-state index in [1.807, 2.05) is 48.5 Å². The Hall–Kier alpha value is -3.99. The van der Waals surface area contributed by atoms with Crippen LogP contribution in [0.3, 0.4) is 0 Å². The Balaban J connectivity index is 1.23. The van der Waals surface area contributed by atoms with Gasteiger partial charge in [0.25, 0.3) is 0 Å². The van der Waals surface area contributed by atoms with Gasteiger partial charge in [-0.15, -0.1) is 0 Å². The molecule has 43 heavy (non-hydrogen) atoms. The van der Waals surface area contributed by atoms with Crippen molar-refractivity contribution >= 4 is 32.6 Å². The molecule has 0 spiro atoms. The van der Waals surface area contributed by atoms with Crippen LogP contribution in [0, 0.1) is 0 Å². The number of unbranched alkanes of at least 4 members (excludes halogenated alkanes) is 1. The van der Waals surface area contributed by atoms with Crippen molar-refractivity contribution in [2.24, 2.45) is 0 Å². The molecule has 10 heteroatoms. The normalized spacial score (nSPS) is 15.3. The number of hydrogen-bond acceptors (Lipinski definition) is 8. The lowest BCUT2D eigenvalue weighted by atomic mass is 10.0. The van der Waals surface area contributed by atoms with Gasteiger partial charge >= 0.3 is 5.97 Å². The highest BCUT2D eigenvalue weighted by molar-refractivity contribution is 7.92. The van der Waals surface area contributed by atoms with Gasteiger partial charge in [-0.25, -0.2) is 18.2 Å². The Kier molecular flexibility index (Phi) is 9.91. The number of benzene rings is 3. The number of anilines is 1. The molecular formula is C33H36N2O7S. The van der Waals surface area contributed by atoms with E-state index in [0.717, 1.165) is 61.0 Å². The van der Waals surface area contributed by atoms with Gasteiger partial charge in [-0.3, -0.25) is 4.72 Å². The van der Waals surface area contributed by atoms with Gasteiger partial charge < -0.3 is 18.9 Å². The molecule has 0 saturated carbocycles. The number of aromatic nitrogens is 1. The number of pyridine rings is 1. The summed E-state index contributed by atoms with van der Waals surface area (Å²) in [5.74, 6) is 0.316. The first-order valence-corrected chi connectivity index (χ1v) is 16.3. The Morgan fingerprint density at radius 2 is 1.63 bits per heavy atom. The Labute approximate surface area is 252 Å². The van der Waals surface area contributed by atoms with Gasteiger partial charge in [-0.2, -0.15) is 0 Å². The second kappa shape index (κ2) is 14.0. The fourth-order valence-corrected chi connectivity index (χ4v) is 5.52. The quantitative estimate of drug-likeness (QED) is 0.145. The van der Waals surface area contributed by atoms with Crippen molar-refractivity contribution in [2.45, 2.75) is 38.4 Å². The number of sulfonamides is 1. The minimum atomic E-state index is -3.47. The maximum absolute atomic E-state index is 12.6. The largest absolute Gasteiger partial charge is 0.494 e. The summed E-state index contributed by atoms with van der Waals surface area (Å²) < 4.78 is 48.2. The number of rotatable bonds is 12. The molecule has 5 rings (SSSR count). The van der Waals surface area contributed by atoms with Crippen LogP contribution in [-0.2, 0) is 24.2 Å². The van der Waals surface area contributed by atoms with Crippen LogP contribution in [0.25, 0.3) is 33.3 Å². The Bertz CT molecular complexity index is 1650. The maximum Gasteiger partial charge on any atom is 0.338 e. The molecule has 3 aromatic carbocycles. The SMILES string of the molecule is COC(=O)c1cc(-c2ccc(-c3ccc(OCCCCOC4CCCCO4)cc3)cc2)nc2cc(NS(C)(=O)=O)ccc12. The first-order chi connectivity index (χ1) is 20.8. The lowest BCUT2D eigenvalue weighted by Gasteiger charge is -2.22. The van der Waals surface area contributed by atoms with E-state index < -0.39 is 16.0 Å². The van der Waals surface area contributed by atoms with Crippen LogP contribution in [0.2, 0.25) is 0 Å². The van der Waals surface area contributed by atoms with Crippen LogP contribution in [0.15, 0.2) is 72.8 Å². The number of hydrogen-bond donors (Lipinski definition) is 1. The second-order valence-electron chi connectivity index (χ2n) is 10.5. The highest BCUT2D eigenvalue weighted by Gasteiger charge is 2.16. The summed E-state index contributed by atoms with van der Waals surface area (Å²) in [6.45, 7) is 2.10. The minimum Gasteiger partial charge on any atom is -0.494 e. The number of methoxy groups -OCH3 is 1. The lowest BCUT2D eigenvalue weighted by molar-refractivity contribution is -0.162. The molecule has 1 unspecified atom stereocenters. The van der Waals surface area contributed by atoms with Crippen LogP contribution in [-0.4, -0.2) is 58.8 Å². The number of carbonyl (C=O) groups excluding carboxylic acids is 1. The minimum absolute atomic E-state index is 0.0445. The van der Waals surface area contributed by atoms with Crippen molar-refractivity contribution in [3.63, 3.8) is 0 Å². The smallest absolute Gasteiger partial charge is 0.338 e. The third-order valence-electron chi connectivity index (χ3n) is 7.14. The van der Waals surface area contributed by atoms with Gasteiger partial charge in [0.1, 0.15) is 5.75 Å². The fourth-order valence-electron chi connectivity index (χ4n) is 4.96. The molecule has 0 bridgehead atoms. The van der Waals surface area contributed by atoms with E-state index in [2.05, 4.69) is 4.72 Å². The molecule has 0 amide bonds. The van der Waals surface area contributed by atoms with E-state index in [1.165, 1.54) is 13.5 Å². The lowest BCUT2D eigenvalue weighted by Crippen LogP contribution is -2.22. The fraction of sp³-hybridized carbons (Fsp3) is 0.333. The zero-order chi connectivity index (χ0) is 30.2.